The van der Waals surface area contributed by atoms with Crippen LogP contribution in [-0.2, 0) is 0 Å². The molecule has 0 saturated heterocycles. The van der Waals surface area contributed by atoms with Gasteiger partial charge in [0.25, 0.3) is 0 Å². The Balaban J connectivity index is 1.93. The minimum Gasteiger partial charge on any atom is -0.373 e. The lowest BCUT2D eigenvalue weighted by Gasteiger charge is -2.24. The molecule has 0 amide bonds. The summed E-state index contributed by atoms with van der Waals surface area (Å²) in [4.78, 5) is 11.2. The van der Waals surface area contributed by atoms with Gasteiger partial charge in [-0.15, -0.1) is 0 Å². The summed E-state index contributed by atoms with van der Waals surface area (Å²) in [5.74, 6) is 2.28. The number of nitrogens with zero attached hydrogens (tertiary/aromatic N) is 3. The topological polar surface area (TPSA) is 53.1 Å². The number of rotatable bonds is 7. The van der Waals surface area contributed by atoms with Gasteiger partial charge in [0.1, 0.15) is 18.0 Å². The summed E-state index contributed by atoms with van der Waals surface area (Å²) in [6.07, 6.45) is 7.10. The Morgan fingerprint density at radius 2 is 1.90 bits per heavy atom. The van der Waals surface area contributed by atoms with E-state index in [9.17, 15) is 0 Å². The summed E-state index contributed by atoms with van der Waals surface area (Å²) in [6.45, 7) is 6.33. The lowest BCUT2D eigenvalue weighted by Crippen LogP contribution is -2.33. The Labute approximate surface area is 128 Å². The van der Waals surface area contributed by atoms with E-state index in [0.29, 0.717) is 5.92 Å². The fourth-order valence-electron chi connectivity index (χ4n) is 3.16. The third-order valence-electron chi connectivity index (χ3n) is 4.40. The van der Waals surface area contributed by atoms with Crippen molar-refractivity contribution in [1.29, 1.82) is 0 Å². The van der Waals surface area contributed by atoms with Crippen LogP contribution in [0.4, 0.5) is 11.6 Å². The third-order valence-corrected chi connectivity index (χ3v) is 4.40. The SMILES string of the molecule is CNc1ncnc(NCCN(C)C2CCCC2)c1C(C)C. The quantitative estimate of drug-likeness (QED) is 0.809. The highest BCUT2D eigenvalue weighted by Gasteiger charge is 2.19. The normalized spacial score (nSPS) is 15.9. The minimum absolute atomic E-state index is 0.392. The van der Waals surface area contributed by atoms with Crippen LogP contribution in [0.25, 0.3) is 0 Å². The highest BCUT2D eigenvalue weighted by Crippen LogP contribution is 2.28. The van der Waals surface area contributed by atoms with E-state index in [1.807, 2.05) is 7.05 Å². The van der Waals surface area contributed by atoms with Gasteiger partial charge in [0.05, 0.1) is 0 Å². The number of nitrogens with one attached hydrogen (secondary N) is 2. The highest BCUT2D eigenvalue weighted by molar-refractivity contribution is 5.58. The Morgan fingerprint density at radius 3 is 2.52 bits per heavy atom. The van der Waals surface area contributed by atoms with Crippen LogP contribution in [0, 0.1) is 0 Å². The average Bonchev–Trinajstić information content (AvgIpc) is 3.00. The zero-order valence-corrected chi connectivity index (χ0v) is 13.8. The van der Waals surface area contributed by atoms with E-state index >= 15 is 0 Å². The van der Waals surface area contributed by atoms with Gasteiger partial charge in [0.15, 0.2) is 0 Å². The molecule has 0 atom stereocenters. The smallest absolute Gasteiger partial charge is 0.135 e. The van der Waals surface area contributed by atoms with E-state index in [4.69, 9.17) is 0 Å². The molecule has 0 spiro atoms. The molecule has 1 aromatic rings. The summed E-state index contributed by atoms with van der Waals surface area (Å²) >= 11 is 0. The second kappa shape index (κ2) is 7.59. The molecular formula is C16H29N5. The largest absolute Gasteiger partial charge is 0.373 e. The van der Waals surface area contributed by atoms with Crippen molar-refractivity contribution >= 4 is 11.6 Å². The molecule has 0 bridgehead atoms. The molecule has 0 radical (unpaired) electrons. The van der Waals surface area contributed by atoms with Gasteiger partial charge < -0.3 is 15.5 Å². The summed E-state index contributed by atoms with van der Waals surface area (Å²) in [5.41, 5.74) is 1.17. The number of hydrogen-bond acceptors (Lipinski definition) is 5. The molecule has 0 aromatic carbocycles. The van der Waals surface area contributed by atoms with E-state index in [-0.39, 0.29) is 0 Å². The minimum atomic E-state index is 0.392. The molecule has 1 fully saturated rings. The molecule has 2 rings (SSSR count). The molecule has 0 aliphatic heterocycles. The Kier molecular flexibility index (Phi) is 5.79. The maximum atomic E-state index is 4.42. The van der Waals surface area contributed by atoms with Gasteiger partial charge in [-0.2, -0.15) is 0 Å². The number of likely N-dealkylation sites (N-methyl/N-ethyl adjacent to an activating group) is 1. The van der Waals surface area contributed by atoms with E-state index in [0.717, 1.165) is 30.8 Å². The lowest BCUT2D eigenvalue weighted by atomic mass is 10.0. The lowest BCUT2D eigenvalue weighted by molar-refractivity contribution is 0.254. The Bertz CT molecular complexity index is 440. The van der Waals surface area contributed by atoms with Gasteiger partial charge in [-0.05, 0) is 25.8 Å². The predicted molar refractivity (Wildman–Crippen MR) is 89.0 cm³/mol. The maximum Gasteiger partial charge on any atom is 0.135 e. The first-order valence-electron chi connectivity index (χ1n) is 8.10. The van der Waals surface area contributed by atoms with Crippen LogP contribution in [0.1, 0.15) is 51.0 Å². The van der Waals surface area contributed by atoms with Gasteiger partial charge in [0, 0.05) is 31.7 Å². The molecular weight excluding hydrogens is 262 g/mol. The number of aromatic nitrogens is 2. The Morgan fingerprint density at radius 1 is 1.24 bits per heavy atom. The summed E-state index contributed by atoms with van der Waals surface area (Å²) in [7, 11) is 4.14. The predicted octanol–water partition coefficient (Wildman–Crippen LogP) is 2.93. The monoisotopic (exact) mass is 291 g/mol. The molecule has 118 valence electrons. The molecule has 5 nitrogen and oxygen atoms in total. The van der Waals surface area contributed by atoms with E-state index in [1.54, 1.807) is 6.33 Å². The average molecular weight is 291 g/mol. The molecule has 1 saturated carbocycles. The van der Waals surface area contributed by atoms with E-state index in [2.05, 4.69) is 46.4 Å². The van der Waals surface area contributed by atoms with Crippen LogP contribution in [0.5, 0.6) is 0 Å². The van der Waals surface area contributed by atoms with Crippen LogP contribution in [-0.4, -0.2) is 48.1 Å². The van der Waals surface area contributed by atoms with Crippen LogP contribution in [0.15, 0.2) is 6.33 Å². The first-order chi connectivity index (χ1) is 10.1. The molecule has 1 aromatic heterocycles. The molecule has 2 N–H and O–H groups in total. The first kappa shape index (κ1) is 16.0. The zero-order valence-electron chi connectivity index (χ0n) is 13.8. The fourth-order valence-corrected chi connectivity index (χ4v) is 3.16. The first-order valence-corrected chi connectivity index (χ1v) is 8.10. The second-order valence-corrected chi connectivity index (χ2v) is 6.23. The van der Waals surface area contributed by atoms with Crippen LogP contribution < -0.4 is 10.6 Å². The second-order valence-electron chi connectivity index (χ2n) is 6.23. The molecule has 1 heterocycles. The molecule has 1 aliphatic carbocycles. The van der Waals surface area contributed by atoms with Crippen molar-refractivity contribution < 1.29 is 0 Å². The van der Waals surface area contributed by atoms with Crippen molar-refractivity contribution in [2.45, 2.75) is 51.5 Å². The summed E-state index contributed by atoms with van der Waals surface area (Å²) in [5, 5.41) is 6.65. The van der Waals surface area contributed by atoms with Gasteiger partial charge in [-0.25, -0.2) is 9.97 Å². The number of hydrogen-bond donors (Lipinski definition) is 2. The van der Waals surface area contributed by atoms with Crippen molar-refractivity contribution in [3.05, 3.63) is 11.9 Å². The van der Waals surface area contributed by atoms with Crippen molar-refractivity contribution in [1.82, 2.24) is 14.9 Å². The van der Waals surface area contributed by atoms with Gasteiger partial charge in [0.2, 0.25) is 0 Å². The summed E-state index contributed by atoms with van der Waals surface area (Å²) < 4.78 is 0. The maximum absolute atomic E-state index is 4.42. The van der Waals surface area contributed by atoms with Gasteiger partial charge in [-0.3, -0.25) is 0 Å². The Hall–Kier alpha value is -1.36. The van der Waals surface area contributed by atoms with Crippen LogP contribution in [0.2, 0.25) is 0 Å². The van der Waals surface area contributed by atoms with Crippen LogP contribution >= 0.6 is 0 Å². The van der Waals surface area contributed by atoms with Crippen molar-refractivity contribution in [2.24, 2.45) is 0 Å². The highest BCUT2D eigenvalue weighted by atomic mass is 15.2. The zero-order chi connectivity index (χ0) is 15.2. The third kappa shape index (κ3) is 4.06. The van der Waals surface area contributed by atoms with E-state index < -0.39 is 0 Å². The van der Waals surface area contributed by atoms with Crippen molar-refractivity contribution in [2.75, 3.05) is 37.8 Å². The molecule has 0 unspecified atom stereocenters. The number of anilines is 2. The van der Waals surface area contributed by atoms with Crippen LogP contribution in [0.3, 0.4) is 0 Å². The van der Waals surface area contributed by atoms with E-state index in [1.165, 1.54) is 31.2 Å². The van der Waals surface area contributed by atoms with Crippen molar-refractivity contribution in [3.63, 3.8) is 0 Å². The molecule has 1 aliphatic rings. The standard InChI is InChI=1S/C16H29N5/c1-12(2)14-15(17-3)19-11-20-16(14)18-9-10-21(4)13-7-5-6-8-13/h11-13H,5-10H2,1-4H3,(H2,17,18,19,20). The summed E-state index contributed by atoms with van der Waals surface area (Å²) in [6, 6.07) is 0.773. The molecule has 5 heteroatoms. The molecule has 21 heavy (non-hydrogen) atoms. The fraction of sp³-hybridized carbons (Fsp3) is 0.750. The van der Waals surface area contributed by atoms with Crippen molar-refractivity contribution in [3.8, 4) is 0 Å². The van der Waals surface area contributed by atoms with Gasteiger partial charge >= 0.3 is 0 Å². The van der Waals surface area contributed by atoms with Gasteiger partial charge in [-0.1, -0.05) is 26.7 Å².